The molecule has 5 rings (SSSR count). The Morgan fingerprint density at radius 1 is 1.02 bits per heavy atom. The van der Waals surface area contributed by atoms with Crippen molar-refractivity contribution in [1.82, 2.24) is 38.9 Å². The molecule has 1 saturated heterocycles. The van der Waals surface area contributed by atoms with Gasteiger partial charge in [0.1, 0.15) is 35.1 Å². The van der Waals surface area contributed by atoms with E-state index >= 15 is 0 Å². The van der Waals surface area contributed by atoms with Gasteiger partial charge in [0.25, 0.3) is 5.56 Å². The number of aromatic nitrogens is 6. The SMILES string of the molecule is CCCOc1ccc(S(=O)(=O)N2CCN(C(=O)OC(C)(C)C)CC2)cc1-c1nc2c(CCC)n(Cc3ncccn3)nc2c(=O)[nH]1. The first-order chi connectivity index (χ1) is 21.9. The van der Waals surface area contributed by atoms with Crippen LogP contribution in [0.1, 0.15) is 59.0 Å². The number of sulfonamides is 1. The number of carbonyl (C=O) groups is 1. The zero-order valence-corrected chi connectivity index (χ0v) is 27.6. The van der Waals surface area contributed by atoms with Crippen LogP contribution < -0.4 is 10.3 Å². The molecule has 4 aromatic rings. The Hall–Kier alpha value is -4.37. The summed E-state index contributed by atoms with van der Waals surface area (Å²) >= 11 is 0. The molecule has 3 aromatic heterocycles. The summed E-state index contributed by atoms with van der Waals surface area (Å²) in [6.07, 6.45) is 4.92. The van der Waals surface area contributed by atoms with Gasteiger partial charge in [-0.3, -0.25) is 9.48 Å². The number of amides is 1. The summed E-state index contributed by atoms with van der Waals surface area (Å²) in [5, 5.41) is 4.55. The molecule has 0 aliphatic carbocycles. The lowest BCUT2D eigenvalue weighted by molar-refractivity contribution is 0.0192. The molecule has 0 bridgehead atoms. The third-order valence-corrected chi connectivity index (χ3v) is 9.19. The molecule has 0 spiro atoms. The summed E-state index contributed by atoms with van der Waals surface area (Å²) in [5.74, 6) is 1.10. The van der Waals surface area contributed by atoms with Gasteiger partial charge in [-0.2, -0.15) is 9.40 Å². The van der Waals surface area contributed by atoms with Gasteiger partial charge in [0.05, 0.1) is 22.8 Å². The highest BCUT2D eigenvalue weighted by atomic mass is 32.2. The predicted octanol–water partition coefficient (Wildman–Crippen LogP) is 3.61. The highest BCUT2D eigenvalue weighted by Crippen LogP contribution is 2.33. The van der Waals surface area contributed by atoms with E-state index in [0.29, 0.717) is 35.7 Å². The summed E-state index contributed by atoms with van der Waals surface area (Å²) in [5.41, 5.74) is 0.568. The van der Waals surface area contributed by atoms with Gasteiger partial charge in [-0.25, -0.2) is 28.2 Å². The van der Waals surface area contributed by atoms with Crippen molar-refractivity contribution < 1.29 is 22.7 Å². The van der Waals surface area contributed by atoms with E-state index in [1.807, 2.05) is 13.8 Å². The van der Waals surface area contributed by atoms with Crippen LogP contribution in [-0.4, -0.2) is 91.8 Å². The maximum atomic E-state index is 13.8. The second kappa shape index (κ2) is 13.5. The standard InChI is InChI=1S/C31H40N8O6S/c1-6-9-23-26-27(36-39(23)20-25-32-12-8-13-33-25)29(40)35-28(34-26)22-19-21(10-11-24(22)44-18-7-2)46(42,43)38-16-14-37(15-17-38)30(41)45-31(3,4)5/h8,10-13,19H,6-7,9,14-18,20H2,1-5H3,(H,34,35,40). The zero-order chi connectivity index (χ0) is 33.1. The average Bonchev–Trinajstić information content (AvgIpc) is 3.37. The topological polar surface area (TPSA) is 166 Å². The van der Waals surface area contributed by atoms with E-state index in [0.717, 1.165) is 18.5 Å². The van der Waals surface area contributed by atoms with E-state index in [2.05, 4.69) is 20.1 Å². The molecule has 1 aliphatic rings. The van der Waals surface area contributed by atoms with Crippen molar-refractivity contribution >= 4 is 27.1 Å². The Bertz CT molecular complexity index is 1860. The maximum absolute atomic E-state index is 13.8. The first-order valence-corrected chi connectivity index (χ1v) is 16.9. The number of ether oxygens (including phenoxy) is 2. The van der Waals surface area contributed by atoms with Crippen molar-refractivity contribution in [3.63, 3.8) is 0 Å². The van der Waals surface area contributed by atoms with E-state index in [1.54, 1.807) is 50.0 Å². The third kappa shape index (κ3) is 7.20. The number of rotatable bonds is 10. The minimum Gasteiger partial charge on any atom is -0.493 e. The smallest absolute Gasteiger partial charge is 0.410 e. The van der Waals surface area contributed by atoms with Crippen LogP contribution in [0.2, 0.25) is 0 Å². The van der Waals surface area contributed by atoms with Crippen LogP contribution in [0.3, 0.4) is 0 Å². The Balaban J connectivity index is 1.51. The molecule has 1 aromatic carbocycles. The van der Waals surface area contributed by atoms with Gasteiger partial charge in [-0.1, -0.05) is 20.3 Å². The number of hydrogen-bond donors (Lipinski definition) is 1. The number of nitrogens with one attached hydrogen (secondary N) is 1. The largest absolute Gasteiger partial charge is 0.493 e. The van der Waals surface area contributed by atoms with E-state index in [9.17, 15) is 18.0 Å². The molecule has 1 N–H and O–H groups in total. The molecule has 46 heavy (non-hydrogen) atoms. The van der Waals surface area contributed by atoms with Crippen LogP contribution in [0.4, 0.5) is 4.79 Å². The Morgan fingerprint density at radius 3 is 2.39 bits per heavy atom. The van der Waals surface area contributed by atoms with Gasteiger partial charge >= 0.3 is 6.09 Å². The number of piperazine rings is 1. The van der Waals surface area contributed by atoms with E-state index in [4.69, 9.17) is 14.5 Å². The van der Waals surface area contributed by atoms with Gasteiger partial charge in [0.2, 0.25) is 10.0 Å². The second-order valence-electron chi connectivity index (χ2n) is 12.0. The average molecular weight is 653 g/mol. The number of benzene rings is 1. The number of fused-ring (bicyclic) bond motifs is 1. The minimum atomic E-state index is -3.97. The molecule has 0 unspecified atom stereocenters. The van der Waals surface area contributed by atoms with Gasteiger partial charge in [-0.15, -0.1) is 0 Å². The quantitative estimate of drug-likeness (QED) is 0.268. The molecule has 1 aliphatic heterocycles. The fraction of sp³-hybridized carbons (Fsp3) is 0.484. The molecule has 0 atom stereocenters. The van der Waals surface area contributed by atoms with Gasteiger partial charge in [-0.05, 0) is 57.9 Å². The fourth-order valence-corrected chi connectivity index (χ4v) is 6.58. The summed E-state index contributed by atoms with van der Waals surface area (Å²) in [4.78, 5) is 43.7. The highest BCUT2D eigenvalue weighted by molar-refractivity contribution is 7.89. The number of nitrogens with zero attached hydrogens (tertiary/aromatic N) is 7. The van der Waals surface area contributed by atoms with Gasteiger partial charge < -0.3 is 19.4 Å². The zero-order valence-electron chi connectivity index (χ0n) is 26.8. The Labute approximate surface area is 267 Å². The normalized spacial score (nSPS) is 14.5. The molecule has 1 fully saturated rings. The summed E-state index contributed by atoms with van der Waals surface area (Å²) < 4.78 is 42.1. The number of H-pyrrole nitrogens is 1. The number of aromatic amines is 1. The molecule has 0 saturated carbocycles. The monoisotopic (exact) mass is 652 g/mol. The van der Waals surface area contributed by atoms with Gasteiger partial charge in [0, 0.05) is 38.6 Å². The minimum absolute atomic E-state index is 0.0190. The first kappa shape index (κ1) is 33.0. The third-order valence-electron chi connectivity index (χ3n) is 7.29. The van der Waals surface area contributed by atoms with Crippen molar-refractivity contribution in [2.75, 3.05) is 32.8 Å². The molecule has 1 amide bonds. The first-order valence-electron chi connectivity index (χ1n) is 15.4. The summed E-state index contributed by atoms with van der Waals surface area (Å²) in [6, 6.07) is 6.28. The highest BCUT2D eigenvalue weighted by Gasteiger charge is 2.33. The lowest BCUT2D eigenvalue weighted by Gasteiger charge is -2.35. The van der Waals surface area contributed by atoms with E-state index < -0.39 is 27.3 Å². The Kier molecular flexibility index (Phi) is 9.72. The van der Waals surface area contributed by atoms with Crippen molar-refractivity contribution in [3.8, 4) is 17.1 Å². The van der Waals surface area contributed by atoms with E-state index in [-0.39, 0.29) is 49.0 Å². The number of hydrogen-bond acceptors (Lipinski definition) is 10. The van der Waals surface area contributed by atoms with Crippen LogP contribution in [0, 0.1) is 0 Å². The maximum Gasteiger partial charge on any atom is 0.410 e. The number of carbonyl (C=O) groups excluding carboxylic acids is 1. The molecule has 15 heteroatoms. The fourth-order valence-electron chi connectivity index (χ4n) is 5.13. The van der Waals surface area contributed by atoms with Crippen molar-refractivity contribution in [2.24, 2.45) is 0 Å². The molecule has 246 valence electrons. The van der Waals surface area contributed by atoms with Crippen LogP contribution in [0.5, 0.6) is 5.75 Å². The van der Waals surface area contributed by atoms with Crippen LogP contribution in [-0.2, 0) is 27.7 Å². The lowest BCUT2D eigenvalue weighted by Crippen LogP contribution is -2.51. The molecule has 14 nitrogen and oxygen atoms in total. The van der Waals surface area contributed by atoms with Crippen molar-refractivity contribution in [2.45, 2.75) is 70.9 Å². The van der Waals surface area contributed by atoms with E-state index in [1.165, 1.54) is 21.3 Å². The van der Waals surface area contributed by atoms with Crippen molar-refractivity contribution in [1.29, 1.82) is 0 Å². The van der Waals surface area contributed by atoms with Gasteiger partial charge in [0.15, 0.2) is 5.52 Å². The summed E-state index contributed by atoms with van der Waals surface area (Å²) in [7, 11) is -3.97. The number of aryl methyl sites for hydroxylation is 1. The molecule has 0 radical (unpaired) electrons. The van der Waals surface area contributed by atoms with Crippen LogP contribution >= 0.6 is 0 Å². The Morgan fingerprint density at radius 2 is 1.74 bits per heavy atom. The van der Waals surface area contributed by atoms with Crippen molar-refractivity contribution in [3.05, 3.63) is 58.5 Å². The molecule has 4 heterocycles. The second-order valence-corrected chi connectivity index (χ2v) is 13.9. The van der Waals surface area contributed by atoms with Crippen LogP contribution in [0.15, 0.2) is 46.3 Å². The predicted molar refractivity (Wildman–Crippen MR) is 171 cm³/mol. The lowest BCUT2D eigenvalue weighted by atomic mass is 10.1. The molecular weight excluding hydrogens is 612 g/mol. The summed E-state index contributed by atoms with van der Waals surface area (Å²) in [6.45, 7) is 10.6. The van der Waals surface area contributed by atoms with Crippen LogP contribution in [0.25, 0.3) is 22.4 Å². The molecular formula is C31H40N8O6S.